The minimum Gasteiger partial charge on any atom is -0.478 e. The quantitative estimate of drug-likeness (QED) is 0.539. The maximum atomic E-state index is 10.4. The van der Waals surface area contributed by atoms with Crippen molar-refractivity contribution >= 4 is 11.9 Å². The normalized spacial score (nSPS) is 8.88. The van der Waals surface area contributed by atoms with Crippen LogP contribution in [0.15, 0.2) is 18.5 Å². The van der Waals surface area contributed by atoms with E-state index >= 15 is 0 Å². The highest BCUT2D eigenvalue weighted by molar-refractivity contribution is 6.01. The van der Waals surface area contributed by atoms with Crippen LogP contribution in [0.25, 0.3) is 0 Å². The highest BCUT2D eigenvalue weighted by Crippen LogP contribution is 2.05. The Bertz CT molecular complexity index is 333. The van der Waals surface area contributed by atoms with Crippen LogP contribution < -0.4 is 11.5 Å². The molecule has 7 nitrogen and oxygen atoms in total. The van der Waals surface area contributed by atoms with Crippen molar-refractivity contribution < 1.29 is 19.8 Å². The van der Waals surface area contributed by atoms with Crippen LogP contribution in [0.5, 0.6) is 0 Å². The molecule has 1 aromatic heterocycles. The lowest BCUT2D eigenvalue weighted by Crippen LogP contribution is -2.11. The molecule has 6 N–H and O–H groups in total. The van der Waals surface area contributed by atoms with Gasteiger partial charge in [0.2, 0.25) is 0 Å². The van der Waals surface area contributed by atoms with Gasteiger partial charge in [-0.3, -0.25) is 4.98 Å². The summed E-state index contributed by atoms with van der Waals surface area (Å²) in [7, 11) is 0. The summed E-state index contributed by atoms with van der Waals surface area (Å²) >= 11 is 0. The lowest BCUT2D eigenvalue weighted by Gasteiger charge is -1.97. The molecule has 0 aliphatic heterocycles. The lowest BCUT2D eigenvalue weighted by atomic mass is 10.1. The van der Waals surface area contributed by atoms with Crippen molar-refractivity contribution in [3.8, 4) is 0 Å². The van der Waals surface area contributed by atoms with Crippen molar-refractivity contribution in [2.45, 2.75) is 0 Å². The molecule has 0 saturated carbocycles. The maximum Gasteiger partial charge on any atom is 0.338 e. The largest absolute Gasteiger partial charge is 0.478 e. The molecule has 88 valence electrons. The Balaban J connectivity index is 0.000000487. The molecule has 16 heavy (non-hydrogen) atoms. The fourth-order valence-corrected chi connectivity index (χ4v) is 0.751. The molecule has 1 rings (SSSR count). The molecular formula is C9H13N3O4. The number of hydrogen-bond acceptors (Lipinski definition) is 5. The Morgan fingerprint density at radius 2 is 1.62 bits per heavy atom. The van der Waals surface area contributed by atoms with Gasteiger partial charge in [-0.25, -0.2) is 9.59 Å². The van der Waals surface area contributed by atoms with E-state index in [4.69, 9.17) is 21.7 Å². The van der Waals surface area contributed by atoms with Gasteiger partial charge in [0.25, 0.3) is 0 Å². The van der Waals surface area contributed by atoms with Gasteiger partial charge in [0, 0.05) is 25.5 Å². The minimum absolute atomic E-state index is 0.252. The van der Waals surface area contributed by atoms with Gasteiger partial charge in [0.15, 0.2) is 0 Å². The summed E-state index contributed by atoms with van der Waals surface area (Å²) in [6.07, 6.45) is 2.24. The first-order valence-electron chi connectivity index (χ1n) is 4.35. The molecule has 0 spiro atoms. The number of nitrogens with two attached hydrogens (primary N) is 2. The topological polar surface area (TPSA) is 140 Å². The number of pyridine rings is 1. The molecule has 1 aromatic rings. The zero-order chi connectivity index (χ0) is 12.6. The first-order valence-corrected chi connectivity index (χ1v) is 4.35. The molecule has 0 aliphatic carbocycles. The molecule has 0 bridgehead atoms. The number of aromatic nitrogens is 1. The number of carbonyl (C=O) groups is 2. The van der Waals surface area contributed by atoms with E-state index in [9.17, 15) is 9.59 Å². The third-order valence-electron chi connectivity index (χ3n) is 1.45. The van der Waals surface area contributed by atoms with Crippen LogP contribution in [-0.2, 0) is 0 Å². The van der Waals surface area contributed by atoms with Crippen molar-refractivity contribution in [3.05, 3.63) is 29.6 Å². The molecule has 0 fully saturated rings. The molecular weight excluding hydrogens is 214 g/mol. The van der Waals surface area contributed by atoms with Gasteiger partial charge in [-0.1, -0.05) is 0 Å². The zero-order valence-electron chi connectivity index (χ0n) is 8.46. The molecule has 0 saturated heterocycles. The van der Waals surface area contributed by atoms with Crippen LogP contribution in [0.4, 0.5) is 0 Å². The molecule has 7 heteroatoms. The SMILES string of the molecule is NCCN.O=C(O)c1ccncc1C(=O)O. The first kappa shape index (κ1) is 14.0. The monoisotopic (exact) mass is 227 g/mol. The van der Waals surface area contributed by atoms with Crippen LogP contribution in [0.2, 0.25) is 0 Å². The van der Waals surface area contributed by atoms with Gasteiger partial charge in [-0.15, -0.1) is 0 Å². The van der Waals surface area contributed by atoms with Gasteiger partial charge < -0.3 is 21.7 Å². The Morgan fingerprint density at radius 3 is 1.94 bits per heavy atom. The number of carboxylic acid groups (broad SMARTS) is 2. The van der Waals surface area contributed by atoms with Crippen LogP contribution >= 0.6 is 0 Å². The second kappa shape index (κ2) is 7.32. The Kier molecular flexibility index (Phi) is 6.41. The van der Waals surface area contributed by atoms with E-state index in [0.717, 1.165) is 12.3 Å². The summed E-state index contributed by atoms with van der Waals surface area (Å²) in [4.78, 5) is 24.4. The Labute approximate surface area is 91.7 Å². The minimum atomic E-state index is -1.29. The average Bonchev–Trinajstić information content (AvgIpc) is 2.29. The van der Waals surface area contributed by atoms with Crippen LogP contribution in [-0.4, -0.2) is 40.2 Å². The summed E-state index contributed by atoms with van der Waals surface area (Å²) in [6.45, 7) is 1.19. The summed E-state index contributed by atoms with van der Waals surface area (Å²) < 4.78 is 0. The van der Waals surface area contributed by atoms with Crippen LogP contribution in [0, 0.1) is 0 Å². The number of hydrogen-bond donors (Lipinski definition) is 4. The van der Waals surface area contributed by atoms with Gasteiger partial charge in [-0.2, -0.15) is 0 Å². The van der Waals surface area contributed by atoms with E-state index in [2.05, 4.69) is 4.98 Å². The van der Waals surface area contributed by atoms with Gasteiger partial charge in [-0.05, 0) is 6.07 Å². The number of carboxylic acids is 2. The fourth-order valence-electron chi connectivity index (χ4n) is 0.751. The summed E-state index contributed by atoms with van der Waals surface area (Å²) in [5.74, 6) is -2.56. The second-order valence-corrected chi connectivity index (χ2v) is 2.61. The van der Waals surface area contributed by atoms with E-state index < -0.39 is 11.9 Å². The van der Waals surface area contributed by atoms with E-state index in [-0.39, 0.29) is 11.1 Å². The molecule has 0 amide bonds. The highest BCUT2D eigenvalue weighted by Gasteiger charge is 2.14. The van der Waals surface area contributed by atoms with E-state index in [0.29, 0.717) is 13.1 Å². The number of nitrogens with zero attached hydrogens (tertiary/aromatic N) is 1. The van der Waals surface area contributed by atoms with E-state index in [1.807, 2.05) is 0 Å². The highest BCUT2D eigenvalue weighted by atomic mass is 16.4. The third kappa shape index (κ3) is 4.49. The first-order chi connectivity index (χ1) is 7.54. The van der Waals surface area contributed by atoms with Gasteiger partial charge in [0.1, 0.15) is 0 Å². The smallest absolute Gasteiger partial charge is 0.338 e. The fraction of sp³-hybridized carbons (Fsp3) is 0.222. The maximum absolute atomic E-state index is 10.4. The third-order valence-corrected chi connectivity index (χ3v) is 1.45. The van der Waals surface area contributed by atoms with Crippen molar-refractivity contribution in [2.75, 3.05) is 13.1 Å². The molecule has 1 heterocycles. The molecule has 0 atom stereocenters. The summed E-state index contributed by atoms with van der Waals surface area (Å²) in [6, 6.07) is 1.14. The van der Waals surface area contributed by atoms with Crippen molar-refractivity contribution in [3.63, 3.8) is 0 Å². The number of rotatable bonds is 3. The lowest BCUT2D eigenvalue weighted by molar-refractivity contribution is 0.0651. The molecule has 0 unspecified atom stereocenters. The van der Waals surface area contributed by atoms with Gasteiger partial charge in [0.05, 0.1) is 11.1 Å². The van der Waals surface area contributed by atoms with Crippen molar-refractivity contribution in [2.24, 2.45) is 11.5 Å². The molecule has 0 aromatic carbocycles. The van der Waals surface area contributed by atoms with Crippen LogP contribution in [0.1, 0.15) is 20.7 Å². The molecule has 0 radical (unpaired) electrons. The zero-order valence-corrected chi connectivity index (χ0v) is 8.46. The Morgan fingerprint density at radius 1 is 1.12 bits per heavy atom. The van der Waals surface area contributed by atoms with Crippen LogP contribution in [0.3, 0.4) is 0 Å². The Hall–Kier alpha value is -1.99. The number of aromatic carboxylic acids is 2. The van der Waals surface area contributed by atoms with E-state index in [1.54, 1.807) is 0 Å². The predicted octanol–water partition coefficient (Wildman–Crippen LogP) is -0.618. The van der Waals surface area contributed by atoms with Crippen molar-refractivity contribution in [1.82, 2.24) is 4.98 Å². The standard InChI is InChI=1S/C7H5NO4.C2H8N2/c9-6(10)4-1-2-8-3-5(4)7(11)12;3-1-2-4/h1-3H,(H,9,10)(H,11,12);1-4H2. The van der Waals surface area contributed by atoms with E-state index in [1.165, 1.54) is 6.20 Å². The van der Waals surface area contributed by atoms with Gasteiger partial charge >= 0.3 is 11.9 Å². The predicted molar refractivity (Wildman–Crippen MR) is 56.3 cm³/mol. The molecule has 0 aliphatic rings. The average molecular weight is 227 g/mol. The van der Waals surface area contributed by atoms with Crippen molar-refractivity contribution in [1.29, 1.82) is 0 Å². The summed E-state index contributed by atoms with van der Waals surface area (Å²) in [5, 5.41) is 17.0. The summed E-state index contributed by atoms with van der Waals surface area (Å²) in [5.41, 5.74) is 9.25. The second-order valence-electron chi connectivity index (χ2n) is 2.61.